The maximum Gasteiger partial charge on any atom is 0.340 e. The number of carbonyl (C=O) groups is 1. The van der Waals surface area contributed by atoms with E-state index in [0.717, 1.165) is 0 Å². The predicted molar refractivity (Wildman–Crippen MR) is 48.7 cm³/mol. The highest BCUT2D eigenvalue weighted by Gasteiger charge is 2.20. The minimum Gasteiger partial charge on any atom is -0.465 e. The van der Waals surface area contributed by atoms with Crippen LogP contribution in [-0.4, -0.2) is 30.7 Å². The van der Waals surface area contributed by atoms with Crippen molar-refractivity contribution in [1.82, 2.24) is 5.32 Å². The largest absolute Gasteiger partial charge is 0.465 e. The normalized spacial score (nSPS) is 22.7. The summed E-state index contributed by atoms with van der Waals surface area (Å²) in [5, 5.41) is 2.83. The second kappa shape index (κ2) is 3.64. The first-order valence-electron chi connectivity index (χ1n) is 3.49. The van der Waals surface area contributed by atoms with Crippen molar-refractivity contribution in [1.29, 1.82) is 0 Å². The fourth-order valence-electron chi connectivity index (χ4n) is 0.925. The van der Waals surface area contributed by atoms with Crippen LogP contribution >= 0.6 is 12.2 Å². The zero-order chi connectivity index (χ0) is 9.14. The molecule has 1 rings (SSSR count). The van der Waals surface area contributed by atoms with E-state index in [9.17, 15) is 4.79 Å². The third kappa shape index (κ3) is 1.80. The van der Waals surface area contributed by atoms with E-state index in [1.165, 1.54) is 7.11 Å². The highest BCUT2D eigenvalue weighted by molar-refractivity contribution is 7.80. The molecule has 0 aromatic heterocycles. The van der Waals surface area contributed by atoms with Crippen LogP contribution in [-0.2, 0) is 9.53 Å². The van der Waals surface area contributed by atoms with Gasteiger partial charge < -0.3 is 15.8 Å². The minimum absolute atomic E-state index is 0.175. The summed E-state index contributed by atoms with van der Waals surface area (Å²) in [6, 6.07) is -0.175. The number of nitrogens with two attached hydrogens (primary N) is 1. The molecule has 4 nitrogen and oxygen atoms in total. The quantitative estimate of drug-likeness (QED) is 0.420. The smallest absolute Gasteiger partial charge is 0.340 e. The van der Waals surface area contributed by atoms with E-state index in [0.29, 0.717) is 17.1 Å². The minimum atomic E-state index is -0.442. The molecule has 0 amide bonds. The van der Waals surface area contributed by atoms with Crippen molar-refractivity contribution < 1.29 is 9.53 Å². The van der Waals surface area contributed by atoms with Gasteiger partial charge in [0, 0.05) is 12.6 Å². The number of ether oxygens (including phenoxy) is 1. The van der Waals surface area contributed by atoms with Gasteiger partial charge in [-0.15, -0.1) is 0 Å². The summed E-state index contributed by atoms with van der Waals surface area (Å²) in [5.41, 5.74) is 5.93. The topological polar surface area (TPSA) is 64.3 Å². The van der Waals surface area contributed by atoms with Crippen LogP contribution in [0.1, 0.15) is 0 Å². The van der Waals surface area contributed by atoms with Crippen LogP contribution in [0.3, 0.4) is 0 Å². The molecule has 1 unspecified atom stereocenters. The van der Waals surface area contributed by atoms with E-state index in [4.69, 9.17) is 18.0 Å². The molecular formula is C7H10N2O2S. The van der Waals surface area contributed by atoms with Gasteiger partial charge in [0.05, 0.1) is 12.7 Å². The molecule has 0 bridgehead atoms. The summed E-state index contributed by atoms with van der Waals surface area (Å²) in [6.07, 6.45) is 1.62. The Bertz CT molecular complexity index is 250. The van der Waals surface area contributed by atoms with Crippen molar-refractivity contribution in [3.05, 3.63) is 11.6 Å². The molecule has 0 spiro atoms. The van der Waals surface area contributed by atoms with Crippen molar-refractivity contribution >= 4 is 23.2 Å². The Morgan fingerprint density at radius 1 is 1.92 bits per heavy atom. The molecule has 5 heteroatoms. The number of carbonyl (C=O) groups excluding carboxylic acids is 1. The highest BCUT2D eigenvalue weighted by Crippen LogP contribution is 2.05. The van der Waals surface area contributed by atoms with E-state index in [1.807, 2.05) is 0 Å². The molecule has 0 saturated carbocycles. The average molecular weight is 186 g/mol. The van der Waals surface area contributed by atoms with E-state index in [2.05, 4.69) is 10.1 Å². The molecule has 1 heterocycles. The lowest BCUT2D eigenvalue weighted by atomic mass is 10.1. The third-order valence-corrected chi connectivity index (χ3v) is 1.89. The second-order valence-corrected chi connectivity index (χ2v) is 2.85. The van der Waals surface area contributed by atoms with Crippen LogP contribution in [0.25, 0.3) is 0 Å². The van der Waals surface area contributed by atoms with Crippen LogP contribution < -0.4 is 11.1 Å². The molecule has 12 heavy (non-hydrogen) atoms. The van der Waals surface area contributed by atoms with Gasteiger partial charge in [-0.1, -0.05) is 12.2 Å². The summed E-state index contributed by atoms with van der Waals surface area (Å²) in [4.78, 5) is 11.5. The van der Waals surface area contributed by atoms with Gasteiger partial charge in [-0.05, 0) is 6.08 Å². The first-order valence-corrected chi connectivity index (χ1v) is 3.90. The van der Waals surface area contributed by atoms with Crippen LogP contribution in [0.2, 0.25) is 0 Å². The number of rotatable bonds is 1. The Kier molecular flexibility index (Phi) is 2.78. The standard InChI is InChI=1S/C7H10N2O2S/c1-11-7(10)5-2-4(8)3-9-6(5)12/h2,4H,3,8H2,1H3,(H,9,12). The van der Waals surface area contributed by atoms with Crippen molar-refractivity contribution in [2.24, 2.45) is 5.73 Å². The lowest BCUT2D eigenvalue weighted by Crippen LogP contribution is -2.42. The molecule has 0 aliphatic carbocycles. The molecule has 0 saturated heterocycles. The fraction of sp³-hybridized carbons (Fsp3) is 0.429. The number of nitrogens with one attached hydrogen (secondary N) is 1. The third-order valence-electron chi connectivity index (χ3n) is 1.53. The summed E-state index contributed by atoms with van der Waals surface area (Å²) in [7, 11) is 1.31. The molecule has 1 aliphatic heterocycles. The second-order valence-electron chi connectivity index (χ2n) is 2.45. The van der Waals surface area contributed by atoms with Gasteiger partial charge in [0.1, 0.15) is 4.99 Å². The zero-order valence-electron chi connectivity index (χ0n) is 6.66. The van der Waals surface area contributed by atoms with Gasteiger partial charge in [-0.3, -0.25) is 0 Å². The van der Waals surface area contributed by atoms with E-state index in [1.54, 1.807) is 6.08 Å². The van der Waals surface area contributed by atoms with Crippen LogP contribution in [0, 0.1) is 0 Å². The fourth-order valence-corrected chi connectivity index (χ4v) is 1.16. The molecular weight excluding hydrogens is 176 g/mol. The molecule has 3 N–H and O–H groups in total. The van der Waals surface area contributed by atoms with Gasteiger partial charge in [-0.25, -0.2) is 4.79 Å². The van der Waals surface area contributed by atoms with Crippen molar-refractivity contribution in [3.8, 4) is 0 Å². The average Bonchev–Trinajstić information content (AvgIpc) is 2.08. The summed E-state index contributed by atoms with van der Waals surface area (Å²) >= 11 is 4.89. The molecule has 66 valence electrons. The van der Waals surface area contributed by atoms with Crippen molar-refractivity contribution in [2.75, 3.05) is 13.7 Å². The molecule has 0 aromatic carbocycles. The van der Waals surface area contributed by atoms with Gasteiger partial charge in [0.25, 0.3) is 0 Å². The predicted octanol–water partition coefficient (Wildman–Crippen LogP) is -0.656. The summed E-state index contributed by atoms with van der Waals surface area (Å²) < 4.78 is 4.52. The lowest BCUT2D eigenvalue weighted by molar-refractivity contribution is -0.135. The van der Waals surface area contributed by atoms with Gasteiger partial charge in [0.15, 0.2) is 0 Å². The maximum absolute atomic E-state index is 11.0. The Morgan fingerprint density at radius 3 is 3.17 bits per heavy atom. The molecule has 0 aromatic rings. The summed E-state index contributed by atoms with van der Waals surface area (Å²) in [6.45, 7) is 0.569. The number of methoxy groups -OCH3 is 1. The Hall–Kier alpha value is -0.940. The Morgan fingerprint density at radius 2 is 2.58 bits per heavy atom. The van der Waals surface area contributed by atoms with E-state index in [-0.39, 0.29) is 6.04 Å². The zero-order valence-corrected chi connectivity index (χ0v) is 7.48. The van der Waals surface area contributed by atoms with Crippen LogP contribution in [0.4, 0.5) is 0 Å². The maximum atomic E-state index is 11.0. The van der Waals surface area contributed by atoms with Gasteiger partial charge in [0.2, 0.25) is 0 Å². The number of hydrogen-bond acceptors (Lipinski definition) is 4. The lowest BCUT2D eigenvalue weighted by Gasteiger charge is -2.18. The molecule has 0 radical (unpaired) electrons. The van der Waals surface area contributed by atoms with E-state index < -0.39 is 5.97 Å². The summed E-state index contributed by atoms with van der Waals surface area (Å²) in [5.74, 6) is -0.442. The van der Waals surface area contributed by atoms with Gasteiger partial charge in [-0.2, -0.15) is 0 Å². The number of hydrogen-bond donors (Lipinski definition) is 2. The molecule has 1 aliphatic rings. The SMILES string of the molecule is COC(=O)C1=CC(N)CNC1=S. The molecule has 1 atom stereocenters. The first kappa shape index (κ1) is 9.15. The Labute approximate surface area is 75.8 Å². The van der Waals surface area contributed by atoms with E-state index >= 15 is 0 Å². The monoisotopic (exact) mass is 186 g/mol. The van der Waals surface area contributed by atoms with Gasteiger partial charge >= 0.3 is 5.97 Å². The number of esters is 1. The van der Waals surface area contributed by atoms with Crippen molar-refractivity contribution in [3.63, 3.8) is 0 Å². The molecule has 0 fully saturated rings. The Balaban J connectivity index is 2.84. The number of thiocarbonyl (C=S) groups is 1. The first-order chi connectivity index (χ1) is 5.65. The highest BCUT2D eigenvalue weighted by atomic mass is 32.1. The van der Waals surface area contributed by atoms with Crippen LogP contribution in [0.5, 0.6) is 0 Å². The van der Waals surface area contributed by atoms with Crippen molar-refractivity contribution in [2.45, 2.75) is 6.04 Å². The van der Waals surface area contributed by atoms with Crippen LogP contribution in [0.15, 0.2) is 11.6 Å².